The van der Waals surface area contributed by atoms with Crippen LogP contribution in [0, 0.1) is 6.92 Å². The molecule has 0 aliphatic heterocycles. The number of benzene rings is 2. The van der Waals surface area contributed by atoms with Gasteiger partial charge in [0.1, 0.15) is 0 Å². The summed E-state index contributed by atoms with van der Waals surface area (Å²) in [4.78, 5) is 23.8. The predicted octanol–water partition coefficient (Wildman–Crippen LogP) is 1.93. The lowest BCUT2D eigenvalue weighted by Crippen LogP contribution is -2.40. The van der Waals surface area contributed by atoms with Crippen molar-refractivity contribution in [3.63, 3.8) is 0 Å². The van der Waals surface area contributed by atoms with E-state index in [1.807, 2.05) is 6.92 Å². The highest BCUT2D eigenvalue weighted by Gasteiger charge is 2.19. The van der Waals surface area contributed by atoms with Gasteiger partial charge in [-0.15, -0.1) is 0 Å². The maximum absolute atomic E-state index is 11.9. The second-order valence-electron chi connectivity index (χ2n) is 4.47. The molecule has 0 fully saturated rings. The van der Waals surface area contributed by atoms with Crippen LogP contribution in [0.1, 0.15) is 26.3 Å². The summed E-state index contributed by atoms with van der Waals surface area (Å²) in [5.41, 5.74) is 1.78. The molecule has 2 aromatic carbocycles. The number of hydrogen-bond acceptors (Lipinski definition) is 3. The Morgan fingerprint density at radius 3 is 2.15 bits per heavy atom. The Bertz CT molecular complexity index is 605. The van der Waals surface area contributed by atoms with Crippen molar-refractivity contribution in [1.29, 1.82) is 0 Å². The first-order chi connectivity index (χ1) is 9.58. The van der Waals surface area contributed by atoms with E-state index >= 15 is 0 Å². The zero-order valence-electron chi connectivity index (χ0n) is 11.0. The van der Waals surface area contributed by atoms with Crippen molar-refractivity contribution in [1.82, 2.24) is 5.32 Å². The average Bonchev–Trinajstić information content (AvgIpc) is 2.48. The number of amides is 1. The van der Waals surface area contributed by atoms with Crippen LogP contribution in [-0.4, -0.2) is 23.0 Å². The first kappa shape index (κ1) is 14.0. The van der Waals surface area contributed by atoms with Gasteiger partial charge in [0.05, 0.1) is 0 Å². The summed E-state index contributed by atoms with van der Waals surface area (Å²) in [6.07, 6.45) is -1.55. The molecule has 20 heavy (non-hydrogen) atoms. The van der Waals surface area contributed by atoms with Crippen LogP contribution in [0.3, 0.4) is 0 Å². The smallest absolute Gasteiger partial charge is 0.253 e. The number of carbonyl (C=O) groups excluding carboxylic acids is 2. The van der Waals surface area contributed by atoms with E-state index in [1.54, 1.807) is 54.6 Å². The number of aliphatic hydroxyl groups is 1. The van der Waals surface area contributed by atoms with Gasteiger partial charge in [-0.3, -0.25) is 9.59 Å². The fourth-order valence-corrected chi connectivity index (χ4v) is 1.74. The SMILES string of the molecule is Cc1ccc(C(=O)NC(O)C(=O)c2ccccc2)cc1. The number of ketones is 1. The number of aliphatic hydroxyl groups excluding tert-OH is 1. The van der Waals surface area contributed by atoms with Gasteiger partial charge in [0.2, 0.25) is 5.78 Å². The molecule has 0 saturated heterocycles. The van der Waals surface area contributed by atoms with Crippen LogP contribution in [0.5, 0.6) is 0 Å². The monoisotopic (exact) mass is 269 g/mol. The molecule has 0 radical (unpaired) electrons. The highest BCUT2D eigenvalue weighted by molar-refractivity contribution is 6.03. The number of nitrogens with one attached hydrogen (secondary N) is 1. The van der Waals surface area contributed by atoms with Gasteiger partial charge in [-0.2, -0.15) is 0 Å². The topological polar surface area (TPSA) is 66.4 Å². The van der Waals surface area contributed by atoms with Gasteiger partial charge in [-0.25, -0.2) is 0 Å². The van der Waals surface area contributed by atoms with E-state index in [0.29, 0.717) is 11.1 Å². The second-order valence-corrected chi connectivity index (χ2v) is 4.47. The third-order valence-electron chi connectivity index (χ3n) is 2.89. The van der Waals surface area contributed by atoms with Gasteiger partial charge in [0.15, 0.2) is 6.23 Å². The average molecular weight is 269 g/mol. The molecule has 1 unspecified atom stereocenters. The van der Waals surface area contributed by atoms with E-state index in [0.717, 1.165) is 5.56 Å². The maximum atomic E-state index is 11.9. The molecular formula is C16H15NO3. The zero-order chi connectivity index (χ0) is 14.5. The third kappa shape index (κ3) is 3.30. The van der Waals surface area contributed by atoms with E-state index in [-0.39, 0.29) is 0 Å². The molecule has 2 rings (SSSR count). The normalized spacial score (nSPS) is 11.7. The van der Waals surface area contributed by atoms with E-state index < -0.39 is 17.9 Å². The van der Waals surface area contributed by atoms with Crippen LogP contribution in [0.4, 0.5) is 0 Å². The summed E-state index contributed by atoms with van der Waals surface area (Å²) in [5, 5.41) is 12.1. The van der Waals surface area contributed by atoms with Crippen molar-refractivity contribution < 1.29 is 14.7 Å². The molecule has 4 heteroatoms. The standard InChI is InChI=1S/C16H15NO3/c1-11-7-9-13(10-8-11)15(19)17-16(20)14(18)12-5-3-2-4-6-12/h2-10,16,20H,1H3,(H,17,19). The fourth-order valence-electron chi connectivity index (χ4n) is 1.74. The molecular weight excluding hydrogens is 254 g/mol. The lowest BCUT2D eigenvalue weighted by atomic mass is 10.1. The van der Waals surface area contributed by atoms with Gasteiger partial charge in [-0.05, 0) is 19.1 Å². The second kappa shape index (κ2) is 6.12. The molecule has 0 bridgehead atoms. The Balaban J connectivity index is 2.04. The van der Waals surface area contributed by atoms with Gasteiger partial charge in [0.25, 0.3) is 5.91 Å². The Morgan fingerprint density at radius 1 is 0.950 bits per heavy atom. The van der Waals surface area contributed by atoms with Crippen molar-refractivity contribution >= 4 is 11.7 Å². The zero-order valence-corrected chi connectivity index (χ0v) is 11.0. The number of Topliss-reactive ketones (excluding diaryl/α,β-unsaturated/α-hetero) is 1. The van der Waals surface area contributed by atoms with E-state index in [4.69, 9.17) is 0 Å². The lowest BCUT2D eigenvalue weighted by molar-refractivity contribution is 0.0607. The van der Waals surface area contributed by atoms with Crippen LogP contribution >= 0.6 is 0 Å². The third-order valence-corrected chi connectivity index (χ3v) is 2.89. The van der Waals surface area contributed by atoms with Crippen molar-refractivity contribution in [2.24, 2.45) is 0 Å². The Labute approximate surface area is 117 Å². The molecule has 0 saturated carbocycles. The molecule has 2 N–H and O–H groups in total. The van der Waals surface area contributed by atoms with Gasteiger partial charge < -0.3 is 10.4 Å². The number of hydrogen-bond donors (Lipinski definition) is 2. The molecule has 0 aliphatic carbocycles. The molecule has 0 aliphatic rings. The molecule has 102 valence electrons. The minimum atomic E-state index is -1.55. The summed E-state index contributed by atoms with van der Waals surface area (Å²) in [6.45, 7) is 1.91. The molecule has 1 amide bonds. The van der Waals surface area contributed by atoms with Gasteiger partial charge in [0, 0.05) is 11.1 Å². The van der Waals surface area contributed by atoms with Crippen LogP contribution in [0.15, 0.2) is 54.6 Å². The van der Waals surface area contributed by atoms with E-state index in [9.17, 15) is 14.7 Å². The predicted molar refractivity (Wildman–Crippen MR) is 75.4 cm³/mol. The fraction of sp³-hybridized carbons (Fsp3) is 0.125. The van der Waals surface area contributed by atoms with Crippen molar-refractivity contribution in [3.8, 4) is 0 Å². The summed E-state index contributed by atoms with van der Waals surface area (Å²) in [5.74, 6) is -1.02. The van der Waals surface area contributed by atoms with E-state index in [1.165, 1.54) is 0 Å². The highest BCUT2D eigenvalue weighted by Crippen LogP contribution is 2.05. The van der Waals surface area contributed by atoms with Gasteiger partial charge in [-0.1, -0.05) is 48.0 Å². The largest absolute Gasteiger partial charge is 0.367 e. The van der Waals surface area contributed by atoms with Crippen LogP contribution in [0.25, 0.3) is 0 Å². The molecule has 0 heterocycles. The summed E-state index contributed by atoms with van der Waals surface area (Å²) in [6, 6.07) is 15.2. The molecule has 2 aromatic rings. The molecule has 0 aromatic heterocycles. The quantitative estimate of drug-likeness (QED) is 0.658. The summed E-state index contributed by atoms with van der Waals surface area (Å²) >= 11 is 0. The van der Waals surface area contributed by atoms with Crippen molar-refractivity contribution in [3.05, 3.63) is 71.3 Å². The Morgan fingerprint density at radius 2 is 1.55 bits per heavy atom. The molecule has 4 nitrogen and oxygen atoms in total. The van der Waals surface area contributed by atoms with Crippen LogP contribution in [0.2, 0.25) is 0 Å². The van der Waals surface area contributed by atoms with Crippen LogP contribution in [-0.2, 0) is 0 Å². The van der Waals surface area contributed by atoms with Gasteiger partial charge >= 0.3 is 0 Å². The number of carbonyl (C=O) groups is 2. The van der Waals surface area contributed by atoms with Crippen molar-refractivity contribution in [2.45, 2.75) is 13.2 Å². The molecule has 0 spiro atoms. The maximum Gasteiger partial charge on any atom is 0.253 e. The summed E-state index contributed by atoms with van der Waals surface area (Å²) in [7, 11) is 0. The number of aryl methyl sites for hydroxylation is 1. The number of rotatable bonds is 4. The van der Waals surface area contributed by atoms with Crippen molar-refractivity contribution in [2.75, 3.05) is 0 Å². The Kier molecular flexibility index (Phi) is 4.27. The highest BCUT2D eigenvalue weighted by atomic mass is 16.3. The first-order valence-corrected chi connectivity index (χ1v) is 6.23. The summed E-state index contributed by atoms with van der Waals surface area (Å²) < 4.78 is 0. The Hall–Kier alpha value is -2.46. The molecule has 1 atom stereocenters. The minimum absolute atomic E-state index is 0.351. The van der Waals surface area contributed by atoms with E-state index in [2.05, 4.69) is 5.32 Å². The minimum Gasteiger partial charge on any atom is -0.367 e. The first-order valence-electron chi connectivity index (χ1n) is 6.23. The lowest BCUT2D eigenvalue weighted by Gasteiger charge is -2.12. The van der Waals surface area contributed by atoms with Crippen LogP contribution < -0.4 is 5.32 Å².